The highest BCUT2D eigenvalue weighted by Gasteiger charge is 2.17. The van der Waals surface area contributed by atoms with Crippen LogP contribution in [0.5, 0.6) is 5.75 Å². The molecule has 1 atom stereocenters. The SMILES string of the molecule is CCOc1ccc(C)cc1C(C)NC(=O)/C(C#N)=C\Nc1cccnc1Cl. The number of carbonyl (C=O) groups is 1. The fourth-order valence-electron chi connectivity index (χ4n) is 2.44. The van der Waals surface area contributed by atoms with E-state index in [0.29, 0.717) is 18.0 Å². The molecule has 1 unspecified atom stereocenters. The van der Waals surface area contributed by atoms with E-state index in [1.165, 1.54) is 6.20 Å². The number of pyridine rings is 1. The van der Waals surface area contributed by atoms with E-state index >= 15 is 0 Å². The first-order valence-corrected chi connectivity index (χ1v) is 8.85. The lowest BCUT2D eigenvalue weighted by molar-refractivity contribution is -0.117. The number of anilines is 1. The molecule has 0 aliphatic rings. The van der Waals surface area contributed by atoms with Crippen LogP contribution in [0.2, 0.25) is 5.15 Å². The maximum absolute atomic E-state index is 12.5. The molecule has 6 nitrogen and oxygen atoms in total. The third-order valence-electron chi connectivity index (χ3n) is 3.78. The largest absolute Gasteiger partial charge is 0.494 e. The van der Waals surface area contributed by atoms with Gasteiger partial charge in [-0.3, -0.25) is 4.79 Å². The zero-order valence-electron chi connectivity index (χ0n) is 15.4. The number of amides is 1. The number of halogens is 1. The van der Waals surface area contributed by atoms with Gasteiger partial charge in [-0.15, -0.1) is 0 Å². The molecule has 1 aromatic carbocycles. The number of rotatable bonds is 7. The number of nitrogens with zero attached hydrogens (tertiary/aromatic N) is 2. The van der Waals surface area contributed by atoms with Crippen LogP contribution in [0.25, 0.3) is 0 Å². The van der Waals surface area contributed by atoms with Gasteiger partial charge in [0.15, 0.2) is 5.15 Å². The van der Waals surface area contributed by atoms with Gasteiger partial charge in [-0.05, 0) is 39.0 Å². The lowest BCUT2D eigenvalue weighted by Gasteiger charge is -2.18. The summed E-state index contributed by atoms with van der Waals surface area (Å²) in [5.74, 6) is 0.208. The first-order valence-electron chi connectivity index (χ1n) is 8.47. The van der Waals surface area contributed by atoms with Crippen LogP contribution in [0.3, 0.4) is 0 Å². The Morgan fingerprint density at radius 2 is 2.22 bits per heavy atom. The van der Waals surface area contributed by atoms with Gasteiger partial charge in [0.25, 0.3) is 5.91 Å². The van der Waals surface area contributed by atoms with Crippen LogP contribution < -0.4 is 15.4 Å². The number of ether oxygens (including phenoxy) is 1. The first kappa shape index (κ1) is 20.3. The molecule has 140 valence electrons. The zero-order valence-corrected chi connectivity index (χ0v) is 16.2. The van der Waals surface area contributed by atoms with E-state index < -0.39 is 5.91 Å². The van der Waals surface area contributed by atoms with Gasteiger partial charge in [-0.1, -0.05) is 29.3 Å². The highest BCUT2D eigenvalue weighted by atomic mass is 35.5. The van der Waals surface area contributed by atoms with E-state index in [-0.39, 0.29) is 16.8 Å². The summed E-state index contributed by atoms with van der Waals surface area (Å²) in [4.78, 5) is 16.4. The Labute approximate surface area is 163 Å². The molecular formula is C20H21ClN4O2. The fourth-order valence-corrected chi connectivity index (χ4v) is 2.61. The van der Waals surface area contributed by atoms with Crippen LogP contribution in [0.4, 0.5) is 5.69 Å². The van der Waals surface area contributed by atoms with Gasteiger partial charge in [0.05, 0.1) is 18.3 Å². The van der Waals surface area contributed by atoms with Crippen LogP contribution in [0, 0.1) is 18.3 Å². The van der Waals surface area contributed by atoms with Crippen LogP contribution in [-0.4, -0.2) is 17.5 Å². The Morgan fingerprint density at radius 3 is 2.89 bits per heavy atom. The second-order valence-corrected chi connectivity index (χ2v) is 6.18. The van der Waals surface area contributed by atoms with E-state index in [0.717, 1.165) is 11.1 Å². The summed E-state index contributed by atoms with van der Waals surface area (Å²) in [6.45, 7) is 6.24. The first-order chi connectivity index (χ1) is 13.0. The summed E-state index contributed by atoms with van der Waals surface area (Å²) in [7, 11) is 0. The Kier molecular flexibility index (Phi) is 7.21. The second-order valence-electron chi connectivity index (χ2n) is 5.83. The van der Waals surface area contributed by atoms with Gasteiger partial charge in [0.2, 0.25) is 0 Å². The van der Waals surface area contributed by atoms with Crippen molar-refractivity contribution in [1.29, 1.82) is 5.26 Å². The molecule has 0 aliphatic carbocycles. The normalized spacial score (nSPS) is 12.0. The molecule has 1 amide bonds. The Bertz CT molecular complexity index is 890. The van der Waals surface area contributed by atoms with Crippen molar-refractivity contribution in [2.75, 3.05) is 11.9 Å². The zero-order chi connectivity index (χ0) is 19.8. The maximum Gasteiger partial charge on any atom is 0.263 e. The lowest BCUT2D eigenvalue weighted by Crippen LogP contribution is -2.28. The summed E-state index contributed by atoms with van der Waals surface area (Å²) >= 11 is 5.96. The Hall–Kier alpha value is -3.04. The van der Waals surface area contributed by atoms with Crippen LogP contribution >= 0.6 is 11.6 Å². The molecule has 1 aromatic heterocycles. The second kappa shape index (κ2) is 9.60. The van der Waals surface area contributed by atoms with Crippen molar-refractivity contribution in [2.45, 2.75) is 26.8 Å². The van der Waals surface area contributed by atoms with Gasteiger partial charge in [0.1, 0.15) is 17.4 Å². The van der Waals surface area contributed by atoms with E-state index in [1.807, 2.05) is 45.0 Å². The highest BCUT2D eigenvalue weighted by Crippen LogP contribution is 2.26. The molecule has 2 aromatic rings. The molecule has 2 rings (SSSR count). The van der Waals surface area contributed by atoms with Gasteiger partial charge in [0, 0.05) is 18.0 Å². The molecule has 0 bridgehead atoms. The Morgan fingerprint density at radius 1 is 1.44 bits per heavy atom. The predicted molar refractivity (Wildman–Crippen MR) is 105 cm³/mol. The average molecular weight is 385 g/mol. The van der Waals surface area contributed by atoms with Crippen molar-refractivity contribution >= 4 is 23.2 Å². The molecule has 7 heteroatoms. The number of aromatic nitrogens is 1. The van der Waals surface area contributed by atoms with Gasteiger partial charge in [-0.2, -0.15) is 5.26 Å². The summed E-state index contributed by atoms with van der Waals surface area (Å²) in [5.41, 5.74) is 2.33. The number of benzene rings is 1. The molecule has 0 aliphatic heterocycles. The van der Waals surface area contributed by atoms with E-state index in [1.54, 1.807) is 18.3 Å². The van der Waals surface area contributed by atoms with E-state index in [9.17, 15) is 10.1 Å². The quantitative estimate of drug-likeness (QED) is 0.425. The number of carbonyl (C=O) groups excluding carboxylic acids is 1. The number of aryl methyl sites for hydroxylation is 1. The van der Waals surface area contributed by atoms with Crippen molar-refractivity contribution in [3.63, 3.8) is 0 Å². The van der Waals surface area contributed by atoms with Gasteiger partial charge in [-0.25, -0.2) is 4.98 Å². The smallest absolute Gasteiger partial charge is 0.263 e. The molecule has 0 saturated carbocycles. The van der Waals surface area contributed by atoms with Crippen molar-refractivity contribution < 1.29 is 9.53 Å². The van der Waals surface area contributed by atoms with Crippen molar-refractivity contribution in [3.8, 4) is 11.8 Å². The van der Waals surface area contributed by atoms with E-state index in [4.69, 9.17) is 16.3 Å². The highest BCUT2D eigenvalue weighted by molar-refractivity contribution is 6.32. The van der Waals surface area contributed by atoms with Crippen LogP contribution in [0.1, 0.15) is 31.0 Å². The minimum Gasteiger partial charge on any atom is -0.494 e. The number of hydrogen-bond acceptors (Lipinski definition) is 5. The van der Waals surface area contributed by atoms with Gasteiger partial charge >= 0.3 is 0 Å². The number of nitrogens with one attached hydrogen (secondary N) is 2. The third-order valence-corrected chi connectivity index (χ3v) is 4.08. The minimum atomic E-state index is -0.499. The summed E-state index contributed by atoms with van der Waals surface area (Å²) in [6, 6.07) is 10.7. The van der Waals surface area contributed by atoms with Crippen molar-refractivity contribution in [3.05, 3.63) is 64.6 Å². The molecule has 0 spiro atoms. The molecule has 2 N–H and O–H groups in total. The lowest BCUT2D eigenvalue weighted by atomic mass is 10.0. The minimum absolute atomic E-state index is 0.0765. The Balaban J connectivity index is 2.15. The fraction of sp³-hybridized carbons (Fsp3) is 0.250. The monoisotopic (exact) mass is 384 g/mol. The molecule has 0 radical (unpaired) electrons. The molecule has 1 heterocycles. The molecular weight excluding hydrogens is 364 g/mol. The molecule has 0 saturated heterocycles. The topological polar surface area (TPSA) is 87.0 Å². The van der Waals surface area contributed by atoms with Crippen LogP contribution in [0.15, 0.2) is 48.3 Å². The molecule has 0 fully saturated rings. The summed E-state index contributed by atoms with van der Waals surface area (Å²) < 4.78 is 5.64. The van der Waals surface area contributed by atoms with Crippen molar-refractivity contribution in [1.82, 2.24) is 10.3 Å². The number of nitriles is 1. The molecule has 27 heavy (non-hydrogen) atoms. The van der Waals surface area contributed by atoms with Crippen molar-refractivity contribution in [2.24, 2.45) is 0 Å². The summed E-state index contributed by atoms with van der Waals surface area (Å²) in [6.07, 6.45) is 2.86. The maximum atomic E-state index is 12.5. The predicted octanol–water partition coefficient (Wildman–Crippen LogP) is 4.14. The van der Waals surface area contributed by atoms with E-state index in [2.05, 4.69) is 15.6 Å². The standard InChI is InChI=1S/C20H21ClN4O2/c1-4-27-18-8-7-13(2)10-16(18)14(3)25-20(26)15(11-22)12-24-17-6-5-9-23-19(17)21/h5-10,12,14,24H,4H2,1-3H3,(H,25,26)/b15-12-. The average Bonchev–Trinajstić information content (AvgIpc) is 2.65. The summed E-state index contributed by atoms with van der Waals surface area (Å²) in [5, 5.41) is 15.2. The number of hydrogen-bond donors (Lipinski definition) is 2. The van der Waals surface area contributed by atoms with Gasteiger partial charge < -0.3 is 15.4 Å². The van der Waals surface area contributed by atoms with Crippen LogP contribution in [-0.2, 0) is 4.79 Å². The third kappa shape index (κ3) is 5.47.